The number of ether oxygens (including phenoxy) is 1. The second-order valence-electron chi connectivity index (χ2n) is 5.37. The molecule has 0 spiro atoms. The fourth-order valence-electron chi connectivity index (χ4n) is 2.14. The lowest BCUT2D eigenvalue weighted by Crippen LogP contribution is -2.39. The van der Waals surface area contributed by atoms with Gasteiger partial charge in [0.15, 0.2) is 5.13 Å². The van der Waals surface area contributed by atoms with E-state index in [0.29, 0.717) is 22.4 Å². The minimum absolute atomic E-state index is 0.109. The first-order valence-electron chi connectivity index (χ1n) is 6.90. The molecule has 2 heterocycles. The summed E-state index contributed by atoms with van der Waals surface area (Å²) in [5, 5.41) is 6.73. The predicted octanol–water partition coefficient (Wildman–Crippen LogP) is 1.70. The Kier molecular flexibility index (Phi) is 4.82. The molecule has 0 atom stereocenters. The molecule has 1 aromatic heterocycles. The van der Waals surface area contributed by atoms with Gasteiger partial charge in [0.25, 0.3) is 5.91 Å². The van der Waals surface area contributed by atoms with Crippen molar-refractivity contribution in [1.29, 1.82) is 0 Å². The number of amides is 1. The first-order valence-corrected chi connectivity index (χ1v) is 7.72. The van der Waals surface area contributed by atoms with Gasteiger partial charge in [-0.1, -0.05) is 18.3 Å². The third-order valence-corrected chi connectivity index (χ3v) is 4.59. The fraction of sp³-hybridized carbons (Fsp3) is 0.692. The lowest BCUT2D eigenvalue weighted by atomic mass is 9.82. The normalized spacial score (nSPS) is 17.7. The Balaban J connectivity index is 1.94. The number of carbonyl (C=O) groups excluding carboxylic acids is 1. The van der Waals surface area contributed by atoms with Crippen LogP contribution in [0.15, 0.2) is 0 Å². The van der Waals surface area contributed by atoms with E-state index in [1.54, 1.807) is 0 Å². The number of carbonyl (C=O) groups is 1. The van der Waals surface area contributed by atoms with Crippen LogP contribution in [-0.2, 0) is 4.74 Å². The molecule has 112 valence electrons. The zero-order chi connectivity index (χ0) is 14.6. The molecule has 0 saturated carbocycles. The first kappa shape index (κ1) is 15.1. The van der Waals surface area contributed by atoms with Gasteiger partial charge in [-0.2, -0.15) is 0 Å². The number of hydrogen-bond acceptors (Lipinski definition) is 6. The fourth-order valence-corrected chi connectivity index (χ4v) is 3.01. The Morgan fingerprint density at radius 2 is 2.20 bits per heavy atom. The van der Waals surface area contributed by atoms with Crippen molar-refractivity contribution in [2.45, 2.75) is 26.7 Å². The van der Waals surface area contributed by atoms with Gasteiger partial charge in [-0.05, 0) is 25.2 Å². The molecule has 1 saturated heterocycles. The van der Waals surface area contributed by atoms with Crippen LogP contribution in [-0.4, -0.2) is 37.2 Å². The molecular weight excluding hydrogens is 276 g/mol. The van der Waals surface area contributed by atoms with Gasteiger partial charge in [0.1, 0.15) is 10.7 Å². The number of nitrogens with zero attached hydrogens (tertiary/aromatic N) is 1. The van der Waals surface area contributed by atoms with Gasteiger partial charge in [0.05, 0.1) is 0 Å². The van der Waals surface area contributed by atoms with Crippen LogP contribution in [0.25, 0.3) is 0 Å². The lowest BCUT2D eigenvalue weighted by Gasteiger charge is -2.33. The van der Waals surface area contributed by atoms with Gasteiger partial charge in [0.2, 0.25) is 0 Å². The lowest BCUT2D eigenvalue weighted by molar-refractivity contribution is 0.0239. The van der Waals surface area contributed by atoms with Gasteiger partial charge in [-0.3, -0.25) is 4.79 Å². The van der Waals surface area contributed by atoms with E-state index in [1.807, 2.05) is 6.92 Å². The molecule has 6 nitrogen and oxygen atoms in total. The number of nitrogens with two attached hydrogens (primary N) is 1. The summed E-state index contributed by atoms with van der Waals surface area (Å²) in [7, 11) is 0. The number of hydrogen-bond donors (Lipinski definition) is 3. The predicted molar refractivity (Wildman–Crippen MR) is 81.2 cm³/mol. The van der Waals surface area contributed by atoms with Crippen molar-refractivity contribution in [3.05, 3.63) is 4.88 Å². The van der Waals surface area contributed by atoms with Crippen LogP contribution in [0.4, 0.5) is 10.9 Å². The number of thiazole rings is 1. The van der Waals surface area contributed by atoms with Gasteiger partial charge in [-0.25, -0.2) is 4.98 Å². The minimum Gasteiger partial charge on any atom is -0.382 e. The van der Waals surface area contributed by atoms with Gasteiger partial charge < -0.3 is 21.1 Å². The van der Waals surface area contributed by atoms with Crippen molar-refractivity contribution in [3.8, 4) is 0 Å². The molecule has 7 heteroatoms. The summed E-state index contributed by atoms with van der Waals surface area (Å²) >= 11 is 1.29. The molecule has 1 fully saturated rings. The molecule has 4 N–H and O–H groups in total. The maximum absolute atomic E-state index is 12.2. The highest BCUT2D eigenvalue weighted by atomic mass is 32.1. The van der Waals surface area contributed by atoms with Crippen LogP contribution in [0.3, 0.4) is 0 Å². The summed E-state index contributed by atoms with van der Waals surface area (Å²) in [4.78, 5) is 16.8. The SMILES string of the molecule is CCNc1nc(N)c(C(=O)NCC2(C)CCOCC2)s1. The molecule has 1 aliphatic rings. The topological polar surface area (TPSA) is 89.3 Å². The van der Waals surface area contributed by atoms with Crippen LogP contribution in [0, 0.1) is 5.41 Å². The third-order valence-electron chi connectivity index (χ3n) is 3.56. The van der Waals surface area contributed by atoms with E-state index in [0.717, 1.165) is 32.6 Å². The Hall–Kier alpha value is -1.34. The summed E-state index contributed by atoms with van der Waals surface area (Å²) in [6, 6.07) is 0. The van der Waals surface area contributed by atoms with Gasteiger partial charge >= 0.3 is 0 Å². The Morgan fingerprint density at radius 1 is 1.50 bits per heavy atom. The second-order valence-corrected chi connectivity index (χ2v) is 6.37. The smallest absolute Gasteiger partial charge is 0.265 e. The van der Waals surface area contributed by atoms with Crippen molar-refractivity contribution in [3.63, 3.8) is 0 Å². The number of anilines is 2. The highest BCUT2D eigenvalue weighted by molar-refractivity contribution is 7.18. The minimum atomic E-state index is -0.142. The number of aromatic nitrogens is 1. The van der Waals surface area contributed by atoms with E-state index in [9.17, 15) is 4.79 Å². The average Bonchev–Trinajstić information content (AvgIpc) is 2.78. The van der Waals surface area contributed by atoms with E-state index in [4.69, 9.17) is 10.5 Å². The molecule has 0 unspecified atom stereocenters. The van der Waals surface area contributed by atoms with Crippen molar-refractivity contribution in [2.24, 2.45) is 5.41 Å². The Morgan fingerprint density at radius 3 is 2.85 bits per heavy atom. The van der Waals surface area contributed by atoms with Crippen LogP contribution >= 0.6 is 11.3 Å². The molecule has 0 aliphatic carbocycles. The van der Waals surface area contributed by atoms with E-state index in [1.165, 1.54) is 11.3 Å². The molecule has 20 heavy (non-hydrogen) atoms. The quantitative estimate of drug-likeness (QED) is 0.770. The summed E-state index contributed by atoms with van der Waals surface area (Å²) in [5.41, 5.74) is 5.90. The second kappa shape index (κ2) is 6.41. The standard InChI is InChI=1S/C13H22N4O2S/c1-3-15-12-17-10(14)9(20-12)11(18)16-8-13(2)4-6-19-7-5-13/h3-8,14H2,1-2H3,(H,15,17)(H,16,18). The molecule has 0 aromatic carbocycles. The zero-order valence-corrected chi connectivity index (χ0v) is 12.8. The van der Waals surface area contributed by atoms with Crippen molar-refractivity contribution in [1.82, 2.24) is 10.3 Å². The van der Waals surface area contributed by atoms with E-state index < -0.39 is 0 Å². The average molecular weight is 298 g/mol. The van der Waals surface area contributed by atoms with Crippen molar-refractivity contribution >= 4 is 28.2 Å². The van der Waals surface area contributed by atoms with E-state index >= 15 is 0 Å². The Bertz CT molecular complexity index is 469. The van der Waals surface area contributed by atoms with Crippen LogP contribution in [0.2, 0.25) is 0 Å². The van der Waals surface area contributed by atoms with E-state index in [-0.39, 0.29) is 11.3 Å². The molecule has 0 bridgehead atoms. The number of nitrogen functional groups attached to an aromatic ring is 1. The third kappa shape index (κ3) is 3.61. The zero-order valence-electron chi connectivity index (χ0n) is 12.0. The molecule has 1 aliphatic heterocycles. The maximum Gasteiger partial charge on any atom is 0.265 e. The van der Waals surface area contributed by atoms with Crippen LogP contribution in [0.5, 0.6) is 0 Å². The summed E-state index contributed by atoms with van der Waals surface area (Å²) in [6.07, 6.45) is 1.93. The van der Waals surface area contributed by atoms with Crippen molar-refractivity contribution < 1.29 is 9.53 Å². The highest BCUT2D eigenvalue weighted by Gasteiger charge is 2.28. The highest BCUT2D eigenvalue weighted by Crippen LogP contribution is 2.29. The summed E-state index contributed by atoms with van der Waals surface area (Å²) < 4.78 is 5.36. The van der Waals surface area contributed by atoms with Crippen LogP contribution < -0.4 is 16.4 Å². The molecular formula is C13H22N4O2S. The number of nitrogens with one attached hydrogen (secondary N) is 2. The maximum atomic E-state index is 12.2. The summed E-state index contributed by atoms with van der Waals surface area (Å²) in [6.45, 7) is 7.08. The van der Waals surface area contributed by atoms with Gasteiger partial charge in [0, 0.05) is 26.3 Å². The number of rotatable bonds is 5. The molecule has 0 radical (unpaired) electrons. The largest absolute Gasteiger partial charge is 0.382 e. The Labute approximate surface area is 123 Å². The van der Waals surface area contributed by atoms with E-state index in [2.05, 4.69) is 22.5 Å². The molecule has 1 amide bonds. The monoisotopic (exact) mass is 298 g/mol. The molecule has 1 aromatic rings. The van der Waals surface area contributed by atoms with Crippen LogP contribution in [0.1, 0.15) is 36.4 Å². The molecule has 2 rings (SSSR count). The first-order chi connectivity index (χ1) is 9.54. The van der Waals surface area contributed by atoms with Crippen molar-refractivity contribution in [2.75, 3.05) is 37.4 Å². The summed E-state index contributed by atoms with van der Waals surface area (Å²) in [5.74, 6) is 0.150. The van der Waals surface area contributed by atoms with Gasteiger partial charge in [-0.15, -0.1) is 0 Å².